The first-order valence-electron chi connectivity index (χ1n) is 7.82. The summed E-state index contributed by atoms with van der Waals surface area (Å²) in [4.78, 5) is 11.9. The van der Waals surface area contributed by atoms with Crippen LogP contribution in [-0.4, -0.2) is 5.78 Å². The van der Waals surface area contributed by atoms with Gasteiger partial charge in [0.25, 0.3) is 0 Å². The van der Waals surface area contributed by atoms with Crippen LogP contribution in [0.15, 0.2) is 60.2 Å². The predicted molar refractivity (Wildman–Crippen MR) is 88.7 cm³/mol. The van der Waals surface area contributed by atoms with E-state index in [-0.39, 0.29) is 0 Å². The fourth-order valence-corrected chi connectivity index (χ4v) is 2.69. The first kappa shape index (κ1) is 14.6. The topological polar surface area (TPSA) is 26.3 Å². The molecule has 0 bridgehead atoms. The molecule has 0 saturated heterocycles. The van der Waals surface area contributed by atoms with Crippen LogP contribution in [0, 0.1) is 0 Å². The molecule has 22 heavy (non-hydrogen) atoms. The molecule has 1 saturated carbocycles. The maximum atomic E-state index is 11.9. The first-order chi connectivity index (χ1) is 10.8. The lowest BCUT2D eigenvalue weighted by Crippen LogP contribution is -2.07. The van der Waals surface area contributed by atoms with Crippen molar-refractivity contribution in [1.29, 1.82) is 0 Å². The fourth-order valence-electron chi connectivity index (χ4n) is 2.69. The highest BCUT2D eigenvalue weighted by Crippen LogP contribution is 2.24. The molecule has 3 rings (SSSR count). The minimum absolute atomic E-state index is 0.293. The van der Waals surface area contributed by atoms with Crippen LogP contribution in [0.1, 0.15) is 36.8 Å². The van der Waals surface area contributed by atoms with Gasteiger partial charge in [0.1, 0.15) is 12.4 Å². The standard InChI is InChI=1S/C20H20O2/c21-20-12-5-4-10-18(20)13-17-9-6-11-19(14-17)22-15-16-7-2-1-3-8-16/h1-3,6-9,11,13-14H,4-5,10,12,15H2/b18-13+. The molecule has 0 N–H and O–H groups in total. The number of benzene rings is 2. The van der Waals surface area contributed by atoms with E-state index in [9.17, 15) is 4.79 Å². The van der Waals surface area contributed by atoms with Gasteiger partial charge < -0.3 is 4.74 Å². The second kappa shape index (κ2) is 7.08. The Hall–Kier alpha value is -2.35. The smallest absolute Gasteiger partial charge is 0.158 e. The minimum atomic E-state index is 0.293. The molecular formula is C20H20O2. The SMILES string of the molecule is O=C1CCCC/C1=C\c1cccc(OCc2ccccc2)c1. The van der Waals surface area contributed by atoms with Crippen molar-refractivity contribution in [3.05, 3.63) is 71.3 Å². The van der Waals surface area contributed by atoms with E-state index < -0.39 is 0 Å². The third-order valence-electron chi connectivity index (χ3n) is 3.91. The van der Waals surface area contributed by atoms with E-state index in [4.69, 9.17) is 4.74 Å². The molecule has 0 radical (unpaired) electrons. The van der Waals surface area contributed by atoms with Crippen LogP contribution in [0.4, 0.5) is 0 Å². The Morgan fingerprint density at radius 2 is 1.77 bits per heavy atom. The van der Waals surface area contributed by atoms with E-state index in [1.165, 1.54) is 0 Å². The summed E-state index contributed by atoms with van der Waals surface area (Å²) in [5, 5.41) is 0. The van der Waals surface area contributed by atoms with Gasteiger partial charge in [0.15, 0.2) is 5.78 Å². The van der Waals surface area contributed by atoms with Crippen molar-refractivity contribution in [2.24, 2.45) is 0 Å². The highest BCUT2D eigenvalue weighted by atomic mass is 16.5. The lowest BCUT2D eigenvalue weighted by Gasteiger charge is -2.12. The zero-order valence-corrected chi connectivity index (χ0v) is 12.6. The molecule has 0 spiro atoms. The summed E-state index contributed by atoms with van der Waals surface area (Å²) >= 11 is 0. The van der Waals surface area contributed by atoms with Gasteiger partial charge in [-0.05, 0) is 54.2 Å². The van der Waals surface area contributed by atoms with Crippen molar-refractivity contribution in [3.63, 3.8) is 0 Å². The highest BCUT2D eigenvalue weighted by molar-refractivity contribution is 6.00. The molecule has 2 aromatic carbocycles. The number of carbonyl (C=O) groups excluding carboxylic acids is 1. The number of rotatable bonds is 4. The normalized spacial score (nSPS) is 16.7. The average molecular weight is 292 g/mol. The molecule has 0 aliphatic heterocycles. The predicted octanol–water partition coefficient (Wildman–Crippen LogP) is 4.79. The molecule has 2 aromatic rings. The number of ketones is 1. The summed E-state index contributed by atoms with van der Waals surface area (Å²) < 4.78 is 5.83. The maximum absolute atomic E-state index is 11.9. The van der Waals surface area contributed by atoms with Gasteiger partial charge >= 0.3 is 0 Å². The quantitative estimate of drug-likeness (QED) is 0.757. The minimum Gasteiger partial charge on any atom is -0.489 e. The van der Waals surface area contributed by atoms with Crippen molar-refractivity contribution in [2.45, 2.75) is 32.3 Å². The van der Waals surface area contributed by atoms with Crippen LogP contribution < -0.4 is 4.74 Å². The average Bonchev–Trinajstić information content (AvgIpc) is 2.57. The number of carbonyl (C=O) groups is 1. The Morgan fingerprint density at radius 1 is 0.955 bits per heavy atom. The molecule has 2 heteroatoms. The van der Waals surface area contributed by atoms with E-state index in [1.807, 2.05) is 60.7 Å². The fraction of sp³-hybridized carbons (Fsp3) is 0.250. The third-order valence-corrected chi connectivity index (χ3v) is 3.91. The molecule has 1 aliphatic rings. The van der Waals surface area contributed by atoms with Gasteiger partial charge in [-0.15, -0.1) is 0 Å². The molecule has 1 fully saturated rings. The van der Waals surface area contributed by atoms with Gasteiger partial charge in [0.05, 0.1) is 0 Å². The van der Waals surface area contributed by atoms with Crippen LogP contribution in [0.5, 0.6) is 5.75 Å². The van der Waals surface area contributed by atoms with E-state index >= 15 is 0 Å². The molecule has 0 aromatic heterocycles. The van der Waals surface area contributed by atoms with E-state index in [0.717, 1.165) is 41.7 Å². The lowest BCUT2D eigenvalue weighted by molar-refractivity contribution is -0.116. The monoisotopic (exact) mass is 292 g/mol. The molecule has 0 unspecified atom stereocenters. The van der Waals surface area contributed by atoms with Gasteiger partial charge in [0, 0.05) is 6.42 Å². The van der Waals surface area contributed by atoms with Crippen molar-refractivity contribution in [3.8, 4) is 5.75 Å². The van der Waals surface area contributed by atoms with Gasteiger partial charge in [0.2, 0.25) is 0 Å². The summed E-state index contributed by atoms with van der Waals surface area (Å²) in [6.07, 6.45) is 5.74. The van der Waals surface area contributed by atoms with Crippen LogP contribution in [0.3, 0.4) is 0 Å². The molecule has 2 nitrogen and oxygen atoms in total. The van der Waals surface area contributed by atoms with Crippen molar-refractivity contribution < 1.29 is 9.53 Å². The summed E-state index contributed by atoms with van der Waals surface area (Å²) in [5.74, 6) is 1.13. The molecule has 0 atom stereocenters. The lowest BCUT2D eigenvalue weighted by atomic mass is 9.92. The Balaban J connectivity index is 1.70. The van der Waals surface area contributed by atoms with Crippen molar-refractivity contribution >= 4 is 11.9 Å². The molecular weight excluding hydrogens is 272 g/mol. The van der Waals surface area contributed by atoms with Crippen molar-refractivity contribution in [1.82, 2.24) is 0 Å². The Bertz CT molecular complexity index is 671. The maximum Gasteiger partial charge on any atom is 0.158 e. The molecule has 0 amide bonds. The number of hydrogen-bond acceptors (Lipinski definition) is 2. The second-order valence-electron chi connectivity index (χ2n) is 5.65. The number of Topliss-reactive ketones (excluding diaryl/α,β-unsaturated/α-hetero) is 1. The van der Waals surface area contributed by atoms with Crippen LogP contribution in [0.25, 0.3) is 6.08 Å². The van der Waals surface area contributed by atoms with Gasteiger partial charge in [-0.2, -0.15) is 0 Å². The molecule has 0 heterocycles. The van der Waals surface area contributed by atoms with Gasteiger partial charge in [-0.3, -0.25) is 4.79 Å². The Labute approximate surface area is 131 Å². The van der Waals surface area contributed by atoms with E-state index in [2.05, 4.69) is 0 Å². The van der Waals surface area contributed by atoms with E-state index in [1.54, 1.807) is 0 Å². The van der Waals surface area contributed by atoms with Crippen LogP contribution in [0.2, 0.25) is 0 Å². The van der Waals surface area contributed by atoms with Gasteiger partial charge in [-0.25, -0.2) is 0 Å². The van der Waals surface area contributed by atoms with Gasteiger partial charge in [-0.1, -0.05) is 42.5 Å². The Morgan fingerprint density at radius 3 is 2.59 bits per heavy atom. The summed E-state index contributed by atoms with van der Waals surface area (Å²) in [6.45, 7) is 0.555. The third kappa shape index (κ3) is 3.85. The first-order valence-corrected chi connectivity index (χ1v) is 7.82. The Kier molecular flexibility index (Phi) is 4.69. The number of allylic oxidation sites excluding steroid dienone is 1. The molecule has 1 aliphatic carbocycles. The van der Waals surface area contributed by atoms with E-state index in [0.29, 0.717) is 18.8 Å². The van der Waals surface area contributed by atoms with Crippen molar-refractivity contribution in [2.75, 3.05) is 0 Å². The zero-order chi connectivity index (χ0) is 15.2. The summed E-state index contributed by atoms with van der Waals surface area (Å²) in [5.41, 5.74) is 3.14. The molecule has 112 valence electrons. The number of hydrogen-bond donors (Lipinski definition) is 0. The second-order valence-corrected chi connectivity index (χ2v) is 5.65. The van der Waals surface area contributed by atoms with Crippen LogP contribution in [-0.2, 0) is 11.4 Å². The number of ether oxygens (including phenoxy) is 1. The zero-order valence-electron chi connectivity index (χ0n) is 12.6. The highest BCUT2D eigenvalue weighted by Gasteiger charge is 2.14. The largest absolute Gasteiger partial charge is 0.489 e. The summed E-state index contributed by atoms with van der Waals surface area (Å²) in [6, 6.07) is 18.1. The van der Waals surface area contributed by atoms with Crippen LogP contribution >= 0.6 is 0 Å². The summed E-state index contributed by atoms with van der Waals surface area (Å²) in [7, 11) is 0.